The molecule has 1 heterocycles. The third-order valence-electron chi connectivity index (χ3n) is 2.24. The van der Waals surface area contributed by atoms with Crippen LogP contribution in [0.15, 0.2) is 18.3 Å². The standard InChI is InChI=1S/C12H19ClN2O/c1-9(2)7-12(3,16)8-15-11-10(13)5-4-6-14-11/h4-6,9,16H,7-8H2,1-3H3,(H,14,15). The Labute approximate surface area is 102 Å². The summed E-state index contributed by atoms with van der Waals surface area (Å²) in [6.07, 6.45) is 2.41. The van der Waals surface area contributed by atoms with Crippen molar-refractivity contribution in [3.63, 3.8) is 0 Å². The van der Waals surface area contributed by atoms with Crippen LogP contribution in [0.3, 0.4) is 0 Å². The first-order valence-corrected chi connectivity index (χ1v) is 5.85. The number of hydrogen-bond donors (Lipinski definition) is 2. The molecule has 0 bridgehead atoms. The Hall–Kier alpha value is -0.800. The highest BCUT2D eigenvalue weighted by Gasteiger charge is 2.21. The van der Waals surface area contributed by atoms with Gasteiger partial charge in [-0.25, -0.2) is 4.98 Å². The molecular weight excluding hydrogens is 224 g/mol. The van der Waals surface area contributed by atoms with E-state index >= 15 is 0 Å². The van der Waals surface area contributed by atoms with Gasteiger partial charge in [0.2, 0.25) is 0 Å². The van der Waals surface area contributed by atoms with E-state index in [0.717, 1.165) is 6.42 Å². The molecule has 1 atom stereocenters. The summed E-state index contributed by atoms with van der Waals surface area (Å²) in [5.74, 6) is 1.07. The minimum absolute atomic E-state index is 0.446. The van der Waals surface area contributed by atoms with Gasteiger partial charge < -0.3 is 10.4 Å². The van der Waals surface area contributed by atoms with Gasteiger partial charge in [-0.15, -0.1) is 0 Å². The Morgan fingerprint density at radius 1 is 1.56 bits per heavy atom. The molecule has 0 saturated carbocycles. The van der Waals surface area contributed by atoms with Crippen molar-refractivity contribution in [3.05, 3.63) is 23.4 Å². The first-order valence-electron chi connectivity index (χ1n) is 5.47. The zero-order valence-electron chi connectivity index (χ0n) is 10.00. The number of hydrogen-bond acceptors (Lipinski definition) is 3. The third kappa shape index (κ3) is 4.37. The van der Waals surface area contributed by atoms with Crippen LogP contribution in [0.1, 0.15) is 27.2 Å². The van der Waals surface area contributed by atoms with E-state index < -0.39 is 5.60 Å². The summed E-state index contributed by atoms with van der Waals surface area (Å²) in [6.45, 7) is 6.43. The lowest BCUT2D eigenvalue weighted by molar-refractivity contribution is 0.0515. The molecule has 1 rings (SSSR count). The molecule has 0 spiro atoms. The normalized spacial score (nSPS) is 14.9. The summed E-state index contributed by atoms with van der Waals surface area (Å²) >= 11 is 5.95. The largest absolute Gasteiger partial charge is 0.388 e. The predicted octanol–water partition coefficient (Wildman–Crippen LogP) is 2.94. The van der Waals surface area contributed by atoms with Crippen LogP contribution in [0.25, 0.3) is 0 Å². The maximum atomic E-state index is 10.1. The van der Waals surface area contributed by atoms with Crippen molar-refractivity contribution in [1.29, 1.82) is 0 Å². The fourth-order valence-corrected chi connectivity index (χ4v) is 1.93. The first-order chi connectivity index (χ1) is 7.41. The second-order valence-corrected chi connectivity index (χ2v) is 5.19. The SMILES string of the molecule is CC(C)CC(C)(O)CNc1ncccc1Cl. The summed E-state index contributed by atoms with van der Waals surface area (Å²) in [4.78, 5) is 4.11. The van der Waals surface area contributed by atoms with Crippen LogP contribution in [-0.2, 0) is 0 Å². The first kappa shape index (κ1) is 13.3. The van der Waals surface area contributed by atoms with Crippen molar-refractivity contribution in [2.75, 3.05) is 11.9 Å². The van der Waals surface area contributed by atoms with Crippen LogP contribution in [0.5, 0.6) is 0 Å². The van der Waals surface area contributed by atoms with Gasteiger partial charge in [0.25, 0.3) is 0 Å². The molecule has 0 aliphatic rings. The Morgan fingerprint density at radius 2 is 2.25 bits per heavy atom. The Morgan fingerprint density at radius 3 is 2.81 bits per heavy atom. The molecule has 0 fully saturated rings. The van der Waals surface area contributed by atoms with Crippen LogP contribution in [0.4, 0.5) is 5.82 Å². The molecule has 90 valence electrons. The van der Waals surface area contributed by atoms with Crippen molar-refractivity contribution in [1.82, 2.24) is 4.98 Å². The zero-order valence-corrected chi connectivity index (χ0v) is 10.8. The molecule has 16 heavy (non-hydrogen) atoms. The maximum Gasteiger partial charge on any atom is 0.144 e. The van der Waals surface area contributed by atoms with Gasteiger partial charge in [-0.1, -0.05) is 25.4 Å². The van der Waals surface area contributed by atoms with E-state index in [-0.39, 0.29) is 0 Å². The van der Waals surface area contributed by atoms with E-state index in [2.05, 4.69) is 24.1 Å². The fourth-order valence-electron chi connectivity index (χ4n) is 1.74. The molecule has 0 radical (unpaired) electrons. The molecule has 0 aromatic carbocycles. The van der Waals surface area contributed by atoms with E-state index in [9.17, 15) is 5.11 Å². The number of aromatic nitrogens is 1. The average Bonchev–Trinajstić information content (AvgIpc) is 2.14. The van der Waals surface area contributed by atoms with E-state index in [0.29, 0.717) is 23.3 Å². The van der Waals surface area contributed by atoms with Gasteiger partial charge in [-0.05, 0) is 31.4 Å². The highest BCUT2D eigenvalue weighted by atomic mass is 35.5. The lowest BCUT2D eigenvalue weighted by atomic mass is 9.94. The minimum atomic E-state index is -0.741. The summed E-state index contributed by atoms with van der Waals surface area (Å²) in [5.41, 5.74) is -0.741. The highest BCUT2D eigenvalue weighted by molar-refractivity contribution is 6.32. The van der Waals surface area contributed by atoms with Crippen LogP contribution in [0, 0.1) is 5.92 Å². The summed E-state index contributed by atoms with van der Waals surface area (Å²) in [7, 11) is 0. The topological polar surface area (TPSA) is 45.1 Å². The van der Waals surface area contributed by atoms with Gasteiger partial charge in [0.1, 0.15) is 5.82 Å². The summed E-state index contributed by atoms with van der Waals surface area (Å²) in [6, 6.07) is 3.55. The molecule has 0 aliphatic heterocycles. The quantitative estimate of drug-likeness (QED) is 0.835. The van der Waals surface area contributed by atoms with Crippen molar-refractivity contribution in [2.24, 2.45) is 5.92 Å². The Bertz CT molecular complexity index is 340. The fraction of sp³-hybridized carbons (Fsp3) is 0.583. The molecule has 0 saturated heterocycles. The smallest absolute Gasteiger partial charge is 0.144 e. The molecule has 0 aliphatic carbocycles. The lowest BCUT2D eigenvalue weighted by Crippen LogP contribution is -2.35. The lowest BCUT2D eigenvalue weighted by Gasteiger charge is -2.26. The number of halogens is 1. The van der Waals surface area contributed by atoms with Crippen molar-refractivity contribution < 1.29 is 5.11 Å². The van der Waals surface area contributed by atoms with Crippen LogP contribution in [0.2, 0.25) is 5.02 Å². The van der Waals surface area contributed by atoms with Gasteiger partial charge in [0, 0.05) is 12.7 Å². The van der Waals surface area contributed by atoms with E-state index in [1.165, 1.54) is 0 Å². The predicted molar refractivity (Wildman–Crippen MR) is 67.8 cm³/mol. The number of pyridine rings is 1. The van der Waals surface area contributed by atoms with Crippen molar-refractivity contribution in [2.45, 2.75) is 32.8 Å². The second kappa shape index (κ2) is 5.51. The van der Waals surface area contributed by atoms with Gasteiger partial charge in [0.15, 0.2) is 0 Å². The molecule has 3 nitrogen and oxygen atoms in total. The number of aliphatic hydroxyl groups is 1. The van der Waals surface area contributed by atoms with Crippen molar-refractivity contribution in [3.8, 4) is 0 Å². The molecule has 2 N–H and O–H groups in total. The number of anilines is 1. The van der Waals surface area contributed by atoms with Gasteiger partial charge in [-0.2, -0.15) is 0 Å². The summed E-state index contributed by atoms with van der Waals surface area (Å²) in [5, 5.41) is 13.7. The van der Waals surface area contributed by atoms with E-state index in [1.807, 2.05) is 6.92 Å². The van der Waals surface area contributed by atoms with Crippen LogP contribution < -0.4 is 5.32 Å². The monoisotopic (exact) mass is 242 g/mol. The average molecular weight is 243 g/mol. The van der Waals surface area contributed by atoms with Gasteiger partial charge >= 0.3 is 0 Å². The number of nitrogens with one attached hydrogen (secondary N) is 1. The molecule has 1 aromatic rings. The molecule has 1 unspecified atom stereocenters. The zero-order chi connectivity index (χ0) is 12.2. The van der Waals surface area contributed by atoms with Crippen LogP contribution >= 0.6 is 11.6 Å². The summed E-state index contributed by atoms with van der Waals surface area (Å²) < 4.78 is 0. The van der Waals surface area contributed by atoms with Gasteiger partial charge in [0.05, 0.1) is 10.6 Å². The highest BCUT2D eigenvalue weighted by Crippen LogP contribution is 2.20. The molecule has 1 aromatic heterocycles. The molecule has 0 amide bonds. The Kier molecular flexibility index (Phi) is 4.56. The molecular formula is C12H19ClN2O. The third-order valence-corrected chi connectivity index (χ3v) is 2.55. The van der Waals surface area contributed by atoms with Crippen molar-refractivity contribution >= 4 is 17.4 Å². The number of rotatable bonds is 5. The van der Waals surface area contributed by atoms with Gasteiger partial charge in [-0.3, -0.25) is 0 Å². The maximum absolute atomic E-state index is 10.1. The second-order valence-electron chi connectivity index (χ2n) is 4.78. The Balaban J connectivity index is 2.54. The number of nitrogens with zero attached hydrogens (tertiary/aromatic N) is 1. The van der Waals surface area contributed by atoms with E-state index in [4.69, 9.17) is 11.6 Å². The minimum Gasteiger partial charge on any atom is -0.388 e. The van der Waals surface area contributed by atoms with E-state index in [1.54, 1.807) is 18.3 Å². The molecule has 4 heteroatoms. The van der Waals surface area contributed by atoms with Crippen LogP contribution in [-0.4, -0.2) is 22.2 Å².